The van der Waals surface area contributed by atoms with Crippen molar-refractivity contribution in [1.82, 2.24) is 10.6 Å². The Labute approximate surface area is 188 Å². The molecule has 1 aliphatic rings. The minimum Gasteiger partial charge on any atom is -0.382 e. The topological polar surface area (TPSA) is 48.9 Å². The van der Waals surface area contributed by atoms with Crippen molar-refractivity contribution in [1.29, 1.82) is 0 Å². The number of benzene rings is 1. The summed E-state index contributed by atoms with van der Waals surface area (Å²) >= 11 is 0. The molecule has 2 N–H and O–H groups in total. The van der Waals surface area contributed by atoms with Crippen LogP contribution in [0.4, 0.5) is 5.69 Å². The van der Waals surface area contributed by atoms with Gasteiger partial charge in [0.15, 0.2) is 5.96 Å². The first kappa shape index (κ1) is 25.0. The van der Waals surface area contributed by atoms with Gasteiger partial charge in [-0.25, -0.2) is 0 Å². The Bertz CT molecular complexity index is 613. The van der Waals surface area contributed by atoms with Crippen molar-refractivity contribution in [2.24, 2.45) is 10.4 Å². The van der Waals surface area contributed by atoms with Gasteiger partial charge in [-0.2, -0.15) is 0 Å². The third-order valence-corrected chi connectivity index (χ3v) is 5.79. The van der Waals surface area contributed by atoms with Gasteiger partial charge in [0, 0.05) is 53.1 Å². The molecule has 0 saturated heterocycles. The monoisotopic (exact) mass is 502 g/mol. The van der Waals surface area contributed by atoms with E-state index in [2.05, 4.69) is 66.7 Å². The summed E-state index contributed by atoms with van der Waals surface area (Å²) in [4.78, 5) is 6.55. The van der Waals surface area contributed by atoms with Crippen LogP contribution in [0.25, 0.3) is 0 Å². The maximum atomic E-state index is 5.62. The number of ether oxygens (including phenoxy) is 1. The predicted octanol–water partition coefficient (Wildman–Crippen LogP) is 4.33. The van der Waals surface area contributed by atoms with Gasteiger partial charge in [-0.3, -0.25) is 4.99 Å². The van der Waals surface area contributed by atoms with Crippen LogP contribution < -0.4 is 15.5 Å². The molecular formula is C22H39IN4O. The summed E-state index contributed by atoms with van der Waals surface area (Å²) in [5.41, 5.74) is 4.19. The van der Waals surface area contributed by atoms with Crippen molar-refractivity contribution >= 4 is 35.6 Å². The summed E-state index contributed by atoms with van der Waals surface area (Å²) in [5.74, 6) is 0.883. The Hall–Kier alpha value is -1.02. The number of anilines is 1. The molecule has 160 valence electrons. The number of hydrogen-bond acceptors (Lipinski definition) is 3. The van der Waals surface area contributed by atoms with Crippen LogP contribution in [0.5, 0.6) is 0 Å². The third-order valence-electron chi connectivity index (χ3n) is 5.79. The van der Waals surface area contributed by atoms with E-state index in [0.717, 1.165) is 38.7 Å². The molecule has 0 unspecified atom stereocenters. The Morgan fingerprint density at radius 1 is 1.21 bits per heavy atom. The molecule has 0 aliphatic heterocycles. The highest BCUT2D eigenvalue weighted by Crippen LogP contribution is 2.40. The van der Waals surface area contributed by atoms with Crippen molar-refractivity contribution in [3.05, 3.63) is 29.3 Å². The van der Waals surface area contributed by atoms with Gasteiger partial charge in [0.05, 0.1) is 0 Å². The quantitative estimate of drug-likeness (QED) is 0.229. The minimum atomic E-state index is 0. The Kier molecular flexibility index (Phi) is 11.2. The number of hydrogen-bond donors (Lipinski definition) is 2. The number of rotatable bonds is 9. The van der Waals surface area contributed by atoms with E-state index in [-0.39, 0.29) is 24.0 Å². The first-order chi connectivity index (χ1) is 13.0. The van der Waals surface area contributed by atoms with Crippen LogP contribution in [0, 0.1) is 12.3 Å². The van der Waals surface area contributed by atoms with Crippen molar-refractivity contribution in [2.45, 2.75) is 52.5 Å². The first-order valence-electron chi connectivity index (χ1n) is 10.3. The van der Waals surface area contributed by atoms with E-state index in [1.54, 1.807) is 0 Å². The van der Waals surface area contributed by atoms with Crippen LogP contribution in [-0.4, -0.2) is 46.9 Å². The average molecular weight is 502 g/mol. The molecule has 0 amide bonds. The highest BCUT2D eigenvalue weighted by Gasteiger charge is 2.33. The molecule has 2 rings (SSSR count). The number of nitrogens with one attached hydrogen (secondary N) is 2. The molecule has 1 saturated carbocycles. The number of aryl methyl sites for hydroxylation is 1. The van der Waals surface area contributed by atoms with Gasteiger partial charge in [0.1, 0.15) is 0 Å². The molecule has 0 bridgehead atoms. The minimum absolute atomic E-state index is 0. The van der Waals surface area contributed by atoms with Gasteiger partial charge < -0.3 is 20.3 Å². The van der Waals surface area contributed by atoms with Crippen molar-refractivity contribution in [3.8, 4) is 0 Å². The zero-order chi connectivity index (χ0) is 19.7. The molecule has 0 radical (unpaired) electrons. The average Bonchev–Trinajstić information content (AvgIpc) is 3.12. The van der Waals surface area contributed by atoms with Crippen LogP contribution in [0.2, 0.25) is 0 Å². The molecule has 0 spiro atoms. The van der Waals surface area contributed by atoms with Crippen molar-refractivity contribution in [2.75, 3.05) is 45.8 Å². The molecule has 0 heterocycles. The van der Waals surface area contributed by atoms with Gasteiger partial charge in [-0.05, 0) is 61.8 Å². The lowest BCUT2D eigenvalue weighted by Crippen LogP contribution is -2.43. The molecule has 1 aromatic carbocycles. The summed E-state index contributed by atoms with van der Waals surface area (Å²) in [6.45, 7) is 7.66. The molecule has 0 aromatic heterocycles. The maximum Gasteiger partial charge on any atom is 0.191 e. The molecule has 1 aromatic rings. The van der Waals surface area contributed by atoms with E-state index < -0.39 is 0 Å². The zero-order valence-corrected chi connectivity index (χ0v) is 20.6. The van der Waals surface area contributed by atoms with Crippen molar-refractivity contribution < 1.29 is 4.74 Å². The Morgan fingerprint density at radius 2 is 1.93 bits per heavy atom. The first-order valence-corrected chi connectivity index (χ1v) is 10.3. The van der Waals surface area contributed by atoms with E-state index in [0.29, 0.717) is 5.41 Å². The molecule has 28 heavy (non-hydrogen) atoms. The van der Waals surface area contributed by atoms with Crippen molar-refractivity contribution in [3.63, 3.8) is 0 Å². The lowest BCUT2D eigenvalue weighted by molar-refractivity contribution is 0.105. The van der Waals surface area contributed by atoms with Gasteiger partial charge in [-0.1, -0.05) is 18.9 Å². The summed E-state index contributed by atoms with van der Waals surface area (Å²) in [6, 6.07) is 6.60. The SMILES string of the molecule is CCOCCC1(CNC(=NC)NCc2ccc(N(C)C)cc2C)CCCC1.I. The van der Waals surface area contributed by atoms with Crippen LogP contribution in [0.15, 0.2) is 23.2 Å². The van der Waals surface area contributed by atoms with Gasteiger partial charge in [-0.15, -0.1) is 24.0 Å². The Morgan fingerprint density at radius 3 is 2.50 bits per heavy atom. The second-order valence-electron chi connectivity index (χ2n) is 7.94. The smallest absolute Gasteiger partial charge is 0.191 e. The van der Waals surface area contributed by atoms with Gasteiger partial charge in [0.2, 0.25) is 0 Å². The summed E-state index contributed by atoms with van der Waals surface area (Å²) in [6.07, 6.45) is 6.37. The lowest BCUT2D eigenvalue weighted by Gasteiger charge is -2.30. The second-order valence-corrected chi connectivity index (χ2v) is 7.94. The fraction of sp³-hybridized carbons (Fsp3) is 0.682. The van der Waals surface area contributed by atoms with E-state index in [1.807, 2.05) is 7.05 Å². The summed E-state index contributed by atoms with van der Waals surface area (Å²) < 4.78 is 5.62. The predicted molar refractivity (Wildman–Crippen MR) is 131 cm³/mol. The number of nitrogens with zero attached hydrogens (tertiary/aromatic N) is 2. The van der Waals surface area contributed by atoms with E-state index >= 15 is 0 Å². The normalized spacial score (nSPS) is 15.8. The largest absolute Gasteiger partial charge is 0.382 e. The molecule has 1 fully saturated rings. The van der Waals surface area contributed by atoms with E-state index in [9.17, 15) is 0 Å². The standard InChI is InChI=1S/C22H38N4O.HI/c1-6-27-14-13-22(11-7-8-12-22)17-25-21(23-3)24-16-19-9-10-20(26(4)5)15-18(19)2;/h9-10,15H,6-8,11-14,16-17H2,1-5H3,(H2,23,24,25);1H. The number of aliphatic imine (C=N–C) groups is 1. The van der Waals surface area contributed by atoms with Crippen LogP contribution in [-0.2, 0) is 11.3 Å². The molecular weight excluding hydrogens is 463 g/mol. The van der Waals surface area contributed by atoms with Crippen LogP contribution in [0.1, 0.15) is 50.2 Å². The molecule has 6 heteroatoms. The fourth-order valence-electron chi connectivity index (χ4n) is 3.90. The van der Waals surface area contributed by atoms with Gasteiger partial charge in [0.25, 0.3) is 0 Å². The molecule has 1 aliphatic carbocycles. The van der Waals surface area contributed by atoms with Gasteiger partial charge >= 0.3 is 0 Å². The molecule has 5 nitrogen and oxygen atoms in total. The fourth-order valence-corrected chi connectivity index (χ4v) is 3.90. The number of halogens is 1. The van der Waals surface area contributed by atoms with E-state index in [1.165, 1.54) is 42.5 Å². The van der Waals surface area contributed by atoms with Crippen LogP contribution >= 0.6 is 24.0 Å². The summed E-state index contributed by atoms with van der Waals surface area (Å²) in [7, 11) is 5.99. The highest BCUT2D eigenvalue weighted by molar-refractivity contribution is 14.0. The summed E-state index contributed by atoms with van der Waals surface area (Å²) in [5, 5.41) is 7.05. The third kappa shape index (κ3) is 7.43. The molecule has 0 atom stereocenters. The Balaban J connectivity index is 0.00000392. The zero-order valence-electron chi connectivity index (χ0n) is 18.3. The van der Waals surface area contributed by atoms with Crippen LogP contribution in [0.3, 0.4) is 0 Å². The highest BCUT2D eigenvalue weighted by atomic mass is 127. The second kappa shape index (κ2) is 12.5. The maximum absolute atomic E-state index is 5.62. The van der Waals surface area contributed by atoms with E-state index in [4.69, 9.17) is 4.74 Å². The lowest BCUT2D eigenvalue weighted by atomic mass is 9.83. The number of guanidine groups is 1.